The Kier molecular flexibility index (Phi) is 5.09. The summed E-state index contributed by atoms with van der Waals surface area (Å²) in [7, 11) is 1.85. The zero-order valence-corrected chi connectivity index (χ0v) is 16.9. The summed E-state index contributed by atoms with van der Waals surface area (Å²) in [6, 6.07) is 12.4. The van der Waals surface area contributed by atoms with Crippen LogP contribution in [-0.4, -0.2) is 16.8 Å². The topological polar surface area (TPSA) is 56.3 Å². The first-order valence-electron chi connectivity index (χ1n) is 9.91. The van der Waals surface area contributed by atoms with E-state index in [0.717, 1.165) is 41.1 Å². The van der Waals surface area contributed by atoms with Crippen molar-refractivity contribution < 1.29 is 4.74 Å². The van der Waals surface area contributed by atoms with Crippen molar-refractivity contribution in [1.82, 2.24) is 9.78 Å². The SMILES string of the molecule is Cc1cc(-n2ncc3c2CCCC3)ccc1OCc1c(C)cccc1N(C)N. The van der Waals surface area contributed by atoms with Gasteiger partial charge < -0.3 is 9.75 Å². The average Bonchev–Trinajstić information content (AvgIpc) is 3.11. The quantitative estimate of drug-likeness (QED) is 0.534. The fraction of sp³-hybridized carbons (Fsp3) is 0.348. The van der Waals surface area contributed by atoms with E-state index >= 15 is 0 Å². The number of fused-ring (bicyclic) bond motifs is 1. The molecule has 5 nitrogen and oxygen atoms in total. The fourth-order valence-electron chi connectivity index (χ4n) is 4.00. The summed E-state index contributed by atoms with van der Waals surface area (Å²) in [5.41, 5.74) is 8.22. The van der Waals surface area contributed by atoms with Gasteiger partial charge in [-0.25, -0.2) is 10.5 Å². The first-order chi connectivity index (χ1) is 13.5. The summed E-state index contributed by atoms with van der Waals surface area (Å²) >= 11 is 0. The van der Waals surface area contributed by atoms with E-state index in [1.54, 1.807) is 5.01 Å². The maximum Gasteiger partial charge on any atom is 0.122 e. The third-order valence-electron chi connectivity index (χ3n) is 5.61. The molecule has 0 amide bonds. The Morgan fingerprint density at radius 2 is 1.93 bits per heavy atom. The van der Waals surface area contributed by atoms with Gasteiger partial charge in [-0.05, 0) is 80.5 Å². The third kappa shape index (κ3) is 3.50. The lowest BCUT2D eigenvalue weighted by atomic mass is 9.98. The normalized spacial score (nSPS) is 13.3. The predicted octanol–water partition coefficient (Wildman–Crippen LogP) is 4.26. The molecule has 1 aromatic heterocycles. The predicted molar refractivity (Wildman–Crippen MR) is 113 cm³/mol. The first-order valence-corrected chi connectivity index (χ1v) is 9.91. The van der Waals surface area contributed by atoms with Crippen molar-refractivity contribution >= 4 is 5.69 Å². The number of aryl methyl sites for hydroxylation is 3. The Labute approximate surface area is 166 Å². The van der Waals surface area contributed by atoms with Gasteiger partial charge in [-0.1, -0.05) is 12.1 Å². The molecule has 4 rings (SSSR count). The Morgan fingerprint density at radius 3 is 2.71 bits per heavy atom. The number of hydrogen-bond acceptors (Lipinski definition) is 4. The van der Waals surface area contributed by atoms with Crippen molar-refractivity contribution in [3.8, 4) is 11.4 Å². The van der Waals surface area contributed by atoms with Crippen LogP contribution in [0.3, 0.4) is 0 Å². The first kappa shape index (κ1) is 18.6. The number of aromatic nitrogens is 2. The largest absolute Gasteiger partial charge is 0.489 e. The van der Waals surface area contributed by atoms with Gasteiger partial charge >= 0.3 is 0 Å². The summed E-state index contributed by atoms with van der Waals surface area (Å²) in [4.78, 5) is 0. The van der Waals surface area contributed by atoms with Gasteiger partial charge in [0, 0.05) is 18.3 Å². The van der Waals surface area contributed by atoms with Gasteiger partial charge in [0.1, 0.15) is 12.4 Å². The van der Waals surface area contributed by atoms with Crippen LogP contribution < -0.4 is 15.6 Å². The molecule has 0 bridgehead atoms. The van der Waals surface area contributed by atoms with Crippen molar-refractivity contribution in [3.05, 3.63) is 70.5 Å². The maximum absolute atomic E-state index is 6.17. The highest BCUT2D eigenvalue weighted by atomic mass is 16.5. The summed E-state index contributed by atoms with van der Waals surface area (Å²) < 4.78 is 8.26. The Morgan fingerprint density at radius 1 is 1.11 bits per heavy atom. The van der Waals surface area contributed by atoms with E-state index in [1.807, 2.05) is 31.4 Å². The van der Waals surface area contributed by atoms with Crippen LogP contribution in [0.25, 0.3) is 5.69 Å². The van der Waals surface area contributed by atoms with Gasteiger partial charge in [0.05, 0.1) is 17.6 Å². The summed E-state index contributed by atoms with van der Waals surface area (Å²) in [6.07, 6.45) is 6.78. The Hall–Kier alpha value is -2.79. The van der Waals surface area contributed by atoms with Crippen LogP contribution in [0.4, 0.5) is 5.69 Å². The minimum atomic E-state index is 0.487. The number of hydrogen-bond donors (Lipinski definition) is 1. The van der Waals surface area contributed by atoms with Crippen molar-refractivity contribution in [1.29, 1.82) is 0 Å². The van der Waals surface area contributed by atoms with Gasteiger partial charge in [-0.15, -0.1) is 0 Å². The molecule has 0 spiro atoms. The monoisotopic (exact) mass is 376 g/mol. The second-order valence-electron chi connectivity index (χ2n) is 7.66. The molecule has 0 radical (unpaired) electrons. The second kappa shape index (κ2) is 7.68. The molecule has 0 fully saturated rings. The molecule has 1 aliphatic carbocycles. The van der Waals surface area contributed by atoms with E-state index in [2.05, 4.69) is 41.8 Å². The Balaban J connectivity index is 1.56. The average molecular weight is 377 g/mol. The Bertz CT molecular complexity index is 990. The number of ether oxygens (including phenoxy) is 1. The maximum atomic E-state index is 6.17. The van der Waals surface area contributed by atoms with E-state index in [-0.39, 0.29) is 0 Å². The number of nitrogens with zero attached hydrogens (tertiary/aromatic N) is 3. The molecule has 146 valence electrons. The number of rotatable bonds is 5. The molecule has 0 aliphatic heterocycles. The molecule has 5 heteroatoms. The zero-order chi connectivity index (χ0) is 19.7. The lowest BCUT2D eigenvalue weighted by molar-refractivity contribution is 0.303. The van der Waals surface area contributed by atoms with Gasteiger partial charge in [-0.2, -0.15) is 5.10 Å². The molecular formula is C23H28N4O. The highest BCUT2D eigenvalue weighted by Gasteiger charge is 2.16. The second-order valence-corrected chi connectivity index (χ2v) is 7.66. The van der Waals surface area contributed by atoms with E-state index < -0.39 is 0 Å². The van der Waals surface area contributed by atoms with Gasteiger partial charge in [-0.3, -0.25) is 0 Å². The minimum absolute atomic E-state index is 0.487. The molecule has 0 atom stereocenters. The number of hydrazine groups is 1. The van der Waals surface area contributed by atoms with Crippen LogP contribution in [-0.2, 0) is 19.4 Å². The van der Waals surface area contributed by atoms with Gasteiger partial charge in [0.25, 0.3) is 0 Å². The molecule has 3 aromatic rings. The van der Waals surface area contributed by atoms with Crippen molar-refractivity contribution in [2.45, 2.75) is 46.1 Å². The smallest absolute Gasteiger partial charge is 0.122 e. The summed E-state index contributed by atoms with van der Waals surface area (Å²) in [5, 5.41) is 6.27. The number of anilines is 1. The minimum Gasteiger partial charge on any atom is -0.489 e. The summed E-state index contributed by atoms with van der Waals surface area (Å²) in [5.74, 6) is 6.87. The van der Waals surface area contributed by atoms with E-state index in [9.17, 15) is 0 Å². The molecular weight excluding hydrogens is 348 g/mol. The molecule has 2 aromatic carbocycles. The van der Waals surface area contributed by atoms with Crippen LogP contribution in [0, 0.1) is 13.8 Å². The fourth-order valence-corrected chi connectivity index (χ4v) is 4.00. The van der Waals surface area contributed by atoms with Crippen molar-refractivity contribution in [2.24, 2.45) is 5.84 Å². The van der Waals surface area contributed by atoms with Crippen LogP contribution in [0.1, 0.15) is 40.8 Å². The van der Waals surface area contributed by atoms with Crippen LogP contribution in [0.15, 0.2) is 42.6 Å². The lowest BCUT2D eigenvalue weighted by Gasteiger charge is -2.20. The van der Waals surface area contributed by atoms with Gasteiger partial charge in [0.2, 0.25) is 0 Å². The summed E-state index contributed by atoms with van der Waals surface area (Å²) in [6.45, 7) is 4.66. The lowest BCUT2D eigenvalue weighted by Crippen LogP contribution is -2.26. The molecule has 0 saturated heterocycles. The van der Waals surface area contributed by atoms with E-state index in [4.69, 9.17) is 10.6 Å². The molecule has 1 aliphatic rings. The van der Waals surface area contributed by atoms with Crippen LogP contribution in [0.5, 0.6) is 5.75 Å². The zero-order valence-electron chi connectivity index (χ0n) is 16.9. The standard InChI is InChI=1S/C23H28N4O/c1-16-7-6-10-22(26(3)24)20(16)15-28-23-12-11-19(13-17(23)2)27-21-9-5-4-8-18(21)14-25-27/h6-7,10-14H,4-5,8-9,15,24H2,1-3H3. The van der Waals surface area contributed by atoms with Crippen LogP contribution in [0.2, 0.25) is 0 Å². The molecule has 0 saturated carbocycles. The van der Waals surface area contributed by atoms with E-state index in [0.29, 0.717) is 6.61 Å². The van der Waals surface area contributed by atoms with Crippen molar-refractivity contribution in [2.75, 3.05) is 12.1 Å². The molecule has 2 N–H and O–H groups in total. The number of nitrogens with two attached hydrogens (primary N) is 1. The molecule has 1 heterocycles. The highest BCUT2D eigenvalue weighted by molar-refractivity contribution is 5.55. The third-order valence-corrected chi connectivity index (χ3v) is 5.61. The number of benzene rings is 2. The van der Waals surface area contributed by atoms with Gasteiger partial charge in [0.15, 0.2) is 0 Å². The molecule has 28 heavy (non-hydrogen) atoms. The van der Waals surface area contributed by atoms with Crippen molar-refractivity contribution in [3.63, 3.8) is 0 Å². The van der Waals surface area contributed by atoms with Crippen LogP contribution >= 0.6 is 0 Å². The molecule has 0 unspecified atom stereocenters. The van der Waals surface area contributed by atoms with E-state index in [1.165, 1.54) is 29.7 Å². The highest BCUT2D eigenvalue weighted by Crippen LogP contribution is 2.28.